The molecule has 1 aromatic carbocycles. The van der Waals surface area contributed by atoms with Gasteiger partial charge in [-0.3, -0.25) is 0 Å². The van der Waals surface area contributed by atoms with Gasteiger partial charge in [0.25, 0.3) is 0 Å². The summed E-state index contributed by atoms with van der Waals surface area (Å²) < 4.78 is 0. The Labute approximate surface area is 70.6 Å². The van der Waals surface area contributed by atoms with Gasteiger partial charge in [0.1, 0.15) is 0 Å². The number of nitrogens with zero attached hydrogens (tertiary/aromatic N) is 3. The molecule has 1 aromatic rings. The highest BCUT2D eigenvalue weighted by Gasteiger charge is 2.00. The fourth-order valence-corrected chi connectivity index (χ4v) is 1.06. The molecule has 0 aromatic heterocycles. The summed E-state index contributed by atoms with van der Waals surface area (Å²) in [5.41, 5.74) is 16.0. The van der Waals surface area contributed by atoms with Crippen LogP contribution in [0.4, 0.5) is 11.4 Å². The van der Waals surface area contributed by atoms with Crippen molar-refractivity contribution < 1.29 is 0 Å². The van der Waals surface area contributed by atoms with Crippen LogP contribution in [0.3, 0.4) is 0 Å². The van der Waals surface area contributed by atoms with Crippen LogP contribution in [0, 0.1) is 0 Å². The van der Waals surface area contributed by atoms with E-state index in [4.69, 9.17) is 11.3 Å². The fraction of sp³-hybridized carbons (Fsp3) is 0.250. The molecule has 0 aliphatic carbocycles. The van der Waals surface area contributed by atoms with E-state index >= 15 is 0 Å². The zero-order valence-corrected chi connectivity index (χ0v) is 6.86. The van der Waals surface area contributed by atoms with E-state index in [0.29, 0.717) is 11.4 Å². The Bertz CT molecular complexity index is 326. The van der Waals surface area contributed by atoms with E-state index in [0.717, 1.165) is 12.0 Å². The second kappa shape index (κ2) is 3.64. The van der Waals surface area contributed by atoms with Gasteiger partial charge in [0.15, 0.2) is 0 Å². The molecule has 0 unspecified atom stereocenters. The van der Waals surface area contributed by atoms with Crippen molar-refractivity contribution in [3.8, 4) is 0 Å². The second-order valence-electron chi connectivity index (χ2n) is 2.40. The Hall–Kier alpha value is -1.67. The molecule has 0 bridgehead atoms. The van der Waals surface area contributed by atoms with Gasteiger partial charge < -0.3 is 5.73 Å². The van der Waals surface area contributed by atoms with E-state index in [1.807, 2.05) is 19.1 Å². The van der Waals surface area contributed by atoms with Crippen LogP contribution in [0.5, 0.6) is 0 Å². The van der Waals surface area contributed by atoms with Gasteiger partial charge in [0, 0.05) is 10.6 Å². The van der Waals surface area contributed by atoms with E-state index in [2.05, 4.69) is 10.0 Å². The van der Waals surface area contributed by atoms with Gasteiger partial charge in [-0.2, -0.15) is 0 Å². The molecule has 0 saturated carbocycles. The molecule has 0 saturated heterocycles. The van der Waals surface area contributed by atoms with Crippen molar-refractivity contribution in [2.75, 3.05) is 5.73 Å². The van der Waals surface area contributed by atoms with Crippen molar-refractivity contribution in [3.63, 3.8) is 0 Å². The van der Waals surface area contributed by atoms with Gasteiger partial charge in [-0.15, -0.1) is 0 Å². The number of nitrogen functional groups attached to an aromatic ring is 1. The summed E-state index contributed by atoms with van der Waals surface area (Å²) in [7, 11) is 0. The highest BCUT2D eigenvalue weighted by atomic mass is 15.1. The molecule has 0 aliphatic heterocycles. The number of hydrogen-bond donors (Lipinski definition) is 1. The molecule has 0 spiro atoms. The monoisotopic (exact) mass is 162 g/mol. The molecular formula is C8H10N4. The summed E-state index contributed by atoms with van der Waals surface area (Å²) in [6.45, 7) is 1.99. The number of benzene rings is 1. The zero-order chi connectivity index (χ0) is 8.97. The lowest BCUT2D eigenvalue weighted by atomic mass is 10.1. The summed E-state index contributed by atoms with van der Waals surface area (Å²) >= 11 is 0. The maximum absolute atomic E-state index is 8.27. The first kappa shape index (κ1) is 8.43. The maximum atomic E-state index is 8.27. The maximum Gasteiger partial charge on any atom is 0.0636 e. The minimum atomic E-state index is 0.534. The van der Waals surface area contributed by atoms with Crippen molar-refractivity contribution in [1.82, 2.24) is 0 Å². The van der Waals surface area contributed by atoms with Crippen molar-refractivity contribution in [2.24, 2.45) is 5.11 Å². The molecular weight excluding hydrogens is 152 g/mol. The van der Waals surface area contributed by atoms with Crippen LogP contribution in [-0.2, 0) is 6.42 Å². The van der Waals surface area contributed by atoms with Crippen molar-refractivity contribution in [2.45, 2.75) is 13.3 Å². The zero-order valence-electron chi connectivity index (χ0n) is 6.86. The average Bonchev–Trinajstić information content (AvgIpc) is 2.09. The summed E-state index contributed by atoms with van der Waals surface area (Å²) in [6.07, 6.45) is 0.819. The van der Waals surface area contributed by atoms with E-state index in [9.17, 15) is 0 Å². The second-order valence-corrected chi connectivity index (χ2v) is 2.40. The lowest BCUT2D eigenvalue weighted by molar-refractivity contribution is 1.13. The molecule has 1 rings (SSSR count). The Morgan fingerprint density at radius 2 is 2.33 bits per heavy atom. The number of anilines is 1. The van der Waals surface area contributed by atoms with Crippen molar-refractivity contribution >= 4 is 11.4 Å². The topological polar surface area (TPSA) is 74.8 Å². The third-order valence-electron chi connectivity index (χ3n) is 1.68. The lowest BCUT2D eigenvalue weighted by Gasteiger charge is -2.03. The van der Waals surface area contributed by atoms with Gasteiger partial charge in [-0.05, 0) is 23.6 Å². The normalized spacial score (nSPS) is 9.08. The summed E-state index contributed by atoms with van der Waals surface area (Å²) in [6, 6.07) is 5.48. The standard InChI is InChI=1S/C8H10N4/c1-2-6-4-3-5-7(9)8(6)11-12-10/h3-5H,2,9H2,1H3. The molecule has 2 N–H and O–H groups in total. The van der Waals surface area contributed by atoms with Gasteiger partial charge in [-0.1, -0.05) is 24.2 Å². The first-order valence-corrected chi connectivity index (χ1v) is 3.72. The molecule has 0 amide bonds. The molecule has 4 nitrogen and oxygen atoms in total. The van der Waals surface area contributed by atoms with Crippen LogP contribution >= 0.6 is 0 Å². The van der Waals surface area contributed by atoms with E-state index in [-0.39, 0.29) is 0 Å². The number of hydrogen-bond acceptors (Lipinski definition) is 2. The number of aryl methyl sites for hydroxylation is 1. The molecule has 0 atom stereocenters. The SMILES string of the molecule is CCc1cccc(N)c1N=[N+]=[N-]. The molecule has 4 heteroatoms. The van der Waals surface area contributed by atoms with Gasteiger partial charge in [0.05, 0.1) is 5.69 Å². The average molecular weight is 162 g/mol. The quantitative estimate of drug-likeness (QED) is 0.308. The van der Waals surface area contributed by atoms with Gasteiger partial charge in [0.2, 0.25) is 0 Å². The first-order valence-electron chi connectivity index (χ1n) is 3.72. The molecule has 12 heavy (non-hydrogen) atoms. The van der Waals surface area contributed by atoms with Crippen LogP contribution in [0.25, 0.3) is 10.4 Å². The third-order valence-corrected chi connectivity index (χ3v) is 1.68. The predicted molar refractivity (Wildman–Crippen MR) is 49.0 cm³/mol. The van der Waals surface area contributed by atoms with E-state index < -0.39 is 0 Å². The summed E-state index contributed by atoms with van der Waals surface area (Å²) in [5, 5.41) is 3.53. The first-order chi connectivity index (χ1) is 5.79. The molecule has 0 heterocycles. The van der Waals surface area contributed by atoms with Crippen LogP contribution < -0.4 is 5.73 Å². The van der Waals surface area contributed by atoms with Gasteiger partial charge >= 0.3 is 0 Å². The Kier molecular flexibility index (Phi) is 2.56. The fourth-order valence-electron chi connectivity index (χ4n) is 1.06. The van der Waals surface area contributed by atoms with E-state index in [1.54, 1.807) is 6.07 Å². The highest BCUT2D eigenvalue weighted by molar-refractivity contribution is 5.66. The summed E-state index contributed by atoms with van der Waals surface area (Å²) in [5.74, 6) is 0. The molecule has 0 radical (unpaired) electrons. The summed E-state index contributed by atoms with van der Waals surface area (Å²) in [4.78, 5) is 2.72. The van der Waals surface area contributed by atoms with Crippen LogP contribution in [-0.4, -0.2) is 0 Å². The Balaban J connectivity index is 3.28. The Morgan fingerprint density at radius 1 is 1.58 bits per heavy atom. The number of rotatable bonds is 2. The highest BCUT2D eigenvalue weighted by Crippen LogP contribution is 2.26. The minimum Gasteiger partial charge on any atom is -0.398 e. The predicted octanol–water partition coefficient (Wildman–Crippen LogP) is 2.77. The van der Waals surface area contributed by atoms with Crippen LogP contribution in [0.2, 0.25) is 0 Å². The minimum absolute atomic E-state index is 0.534. The van der Waals surface area contributed by atoms with Crippen molar-refractivity contribution in [3.05, 3.63) is 34.2 Å². The van der Waals surface area contributed by atoms with Gasteiger partial charge in [-0.25, -0.2) is 0 Å². The third kappa shape index (κ3) is 1.49. The Morgan fingerprint density at radius 3 is 2.92 bits per heavy atom. The van der Waals surface area contributed by atoms with Crippen molar-refractivity contribution in [1.29, 1.82) is 0 Å². The number of azide groups is 1. The lowest BCUT2D eigenvalue weighted by Crippen LogP contribution is -1.88. The van der Waals surface area contributed by atoms with Crippen LogP contribution in [0.1, 0.15) is 12.5 Å². The molecule has 62 valence electrons. The number of nitrogens with two attached hydrogens (primary N) is 1. The molecule has 0 aliphatic rings. The van der Waals surface area contributed by atoms with E-state index in [1.165, 1.54) is 0 Å². The smallest absolute Gasteiger partial charge is 0.0636 e. The largest absolute Gasteiger partial charge is 0.398 e. The van der Waals surface area contributed by atoms with Crippen LogP contribution in [0.15, 0.2) is 23.3 Å². The molecule has 0 fully saturated rings.